The van der Waals surface area contributed by atoms with E-state index in [-0.39, 0.29) is 44.4 Å². The third kappa shape index (κ3) is 10.5. The Morgan fingerprint density at radius 3 is 1.54 bits per heavy atom. The second kappa shape index (κ2) is 13.9. The number of aliphatic hydroxyl groups excluding tert-OH is 1. The molecule has 0 aromatic rings. The van der Waals surface area contributed by atoms with Crippen molar-refractivity contribution in [1.29, 1.82) is 0 Å². The lowest BCUT2D eigenvalue weighted by atomic mass is 9.92. The number of ether oxygens (including phenoxy) is 3. The monoisotopic (exact) mass is 351 g/mol. The van der Waals surface area contributed by atoms with Gasteiger partial charge in [-0.15, -0.1) is 0 Å². The highest BCUT2D eigenvalue weighted by atomic mass is 16.5. The Balaban J connectivity index is 4.54. The fraction of sp³-hybridized carbons (Fsp3) is 1.00. The van der Waals surface area contributed by atoms with Gasteiger partial charge in [0, 0.05) is 25.2 Å². The quantitative estimate of drug-likeness (QED) is 0.171. The van der Waals surface area contributed by atoms with Gasteiger partial charge >= 0.3 is 0 Å². The molecule has 0 heterocycles. The van der Waals surface area contributed by atoms with Crippen molar-refractivity contribution in [2.45, 2.75) is 19.0 Å². The van der Waals surface area contributed by atoms with Gasteiger partial charge in [0.05, 0.1) is 51.7 Å². The molecule has 0 saturated heterocycles. The van der Waals surface area contributed by atoms with Crippen molar-refractivity contribution in [1.82, 2.24) is 0 Å². The van der Waals surface area contributed by atoms with E-state index in [2.05, 4.69) is 0 Å². The molecule has 0 aromatic heterocycles. The molecule has 9 heteroatoms. The zero-order valence-electron chi connectivity index (χ0n) is 14.9. The first-order valence-electron chi connectivity index (χ1n) is 8.38. The van der Waals surface area contributed by atoms with E-state index in [1.807, 2.05) is 6.92 Å². The molecule has 9 nitrogen and oxygen atoms in total. The van der Waals surface area contributed by atoms with Gasteiger partial charge in [-0.1, -0.05) is 6.92 Å². The first-order chi connectivity index (χ1) is 11.4. The fourth-order valence-electron chi connectivity index (χ4n) is 1.80. The Kier molecular flexibility index (Phi) is 13.7. The molecule has 0 saturated carbocycles. The normalized spacial score (nSPS) is 18.1. The molecule has 146 valence electrons. The topological polar surface area (TPSA) is 178 Å². The van der Waals surface area contributed by atoms with Gasteiger partial charge in [-0.3, -0.25) is 0 Å². The van der Waals surface area contributed by atoms with E-state index < -0.39 is 5.41 Å². The van der Waals surface area contributed by atoms with E-state index in [0.29, 0.717) is 39.5 Å². The van der Waals surface area contributed by atoms with Crippen molar-refractivity contribution >= 4 is 0 Å². The molecule has 0 aromatic carbocycles. The van der Waals surface area contributed by atoms with Gasteiger partial charge in [0.2, 0.25) is 0 Å². The second-order valence-electron chi connectivity index (χ2n) is 6.54. The maximum absolute atomic E-state index is 9.87. The Labute approximate surface area is 145 Å². The SMILES string of the molecule is CC(CN)COCC(CO)(COCC(N)CN)COCC(N)CN. The van der Waals surface area contributed by atoms with E-state index in [9.17, 15) is 5.11 Å². The lowest BCUT2D eigenvalue weighted by Gasteiger charge is -2.32. The van der Waals surface area contributed by atoms with E-state index in [0.717, 1.165) is 0 Å². The van der Waals surface area contributed by atoms with Crippen LogP contribution >= 0.6 is 0 Å². The van der Waals surface area contributed by atoms with Crippen molar-refractivity contribution in [3.05, 3.63) is 0 Å². The summed E-state index contributed by atoms with van der Waals surface area (Å²) < 4.78 is 16.9. The van der Waals surface area contributed by atoms with Crippen LogP contribution in [0.4, 0.5) is 0 Å². The summed E-state index contributed by atoms with van der Waals surface area (Å²) in [5.74, 6) is 0.236. The first kappa shape index (κ1) is 23.6. The Morgan fingerprint density at radius 2 is 1.21 bits per heavy atom. The van der Waals surface area contributed by atoms with Gasteiger partial charge in [-0.2, -0.15) is 0 Å². The fourth-order valence-corrected chi connectivity index (χ4v) is 1.80. The molecule has 24 heavy (non-hydrogen) atoms. The summed E-state index contributed by atoms with van der Waals surface area (Å²) in [5, 5.41) is 9.87. The van der Waals surface area contributed by atoms with E-state index in [1.165, 1.54) is 0 Å². The van der Waals surface area contributed by atoms with Crippen LogP contribution in [0, 0.1) is 11.3 Å². The average Bonchev–Trinajstić information content (AvgIpc) is 2.60. The van der Waals surface area contributed by atoms with E-state index in [4.69, 9.17) is 42.9 Å². The minimum Gasteiger partial charge on any atom is -0.396 e. The van der Waals surface area contributed by atoms with E-state index >= 15 is 0 Å². The van der Waals surface area contributed by atoms with Gasteiger partial charge in [-0.25, -0.2) is 0 Å². The molecule has 0 rings (SSSR count). The summed E-state index contributed by atoms with van der Waals surface area (Å²) in [4.78, 5) is 0. The highest BCUT2D eigenvalue weighted by Crippen LogP contribution is 2.19. The minimum absolute atomic E-state index is 0.153. The van der Waals surface area contributed by atoms with Crippen LogP contribution in [-0.4, -0.2) is 83.1 Å². The highest BCUT2D eigenvalue weighted by molar-refractivity contribution is 4.79. The molecular formula is C15H37N5O4. The maximum atomic E-state index is 9.87. The molecule has 0 spiro atoms. The molecule has 0 aliphatic rings. The number of nitrogens with two attached hydrogens (primary N) is 5. The smallest absolute Gasteiger partial charge is 0.0635 e. The standard InChI is InChI=1S/C15H37N5O4/c1-12(2-16)5-22-9-15(8-21,10-23-6-13(19)3-17)11-24-7-14(20)4-18/h12-14,21H,2-11,16-20H2,1H3. The third-order valence-corrected chi connectivity index (χ3v) is 3.63. The van der Waals surface area contributed by atoms with Crippen LogP contribution in [0.1, 0.15) is 6.92 Å². The molecular weight excluding hydrogens is 314 g/mol. The number of rotatable bonds is 16. The van der Waals surface area contributed by atoms with Gasteiger partial charge in [0.15, 0.2) is 0 Å². The molecule has 0 amide bonds. The van der Waals surface area contributed by atoms with Gasteiger partial charge in [0.25, 0.3) is 0 Å². The van der Waals surface area contributed by atoms with Gasteiger partial charge in [-0.05, 0) is 12.5 Å². The van der Waals surface area contributed by atoms with Crippen molar-refractivity contribution < 1.29 is 19.3 Å². The van der Waals surface area contributed by atoms with Crippen LogP contribution in [0.2, 0.25) is 0 Å². The summed E-state index contributed by atoms with van der Waals surface area (Å²) in [7, 11) is 0. The van der Waals surface area contributed by atoms with Crippen molar-refractivity contribution in [3.63, 3.8) is 0 Å². The van der Waals surface area contributed by atoms with Gasteiger partial charge < -0.3 is 48.0 Å². The van der Waals surface area contributed by atoms with Gasteiger partial charge in [0.1, 0.15) is 0 Å². The van der Waals surface area contributed by atoms with Crippen LogP contribution < -0.4 is 28.7 Å². The Morgan fingerprint density at radius 1 is 0.792 bits per heavy atom. The number of hydrogen-bond acceptors (Lipinski definition) is 9. The predicted molar refractivity (Wildman–Crippen MR) is 94.3 cm³/mol. The lowest BCUT2D eigenvalue weighted by molar-refractivity contribution is -0.0979. The molecule has 3 atom stereocenters. The van der Waals surface area contributed by atoms with Crippen molar-refractivity contribution in [3.8, 4) is 0 Å². The maximum Gasteiger partial charge on any atom is 0.0635 e. The summed E-state index contributed by atoms with van der Waals surface area (Å²) in [5.41, 5.74) is 27.3. The largest absolute Gasteiger partial charge is 0.396 e. The average molecular weight is 351 g/mol. The molecule has 11 N–H and O–H groups in total. The highest BCUT2D eigenvalue weighted by Gasteiger charge is 2.31. The molecule has 0 aliphatic carbocycles. The third-order valence-electron chi connectivity index (χ3n) is 3.63. The molecule has 0 radical (unpaired) electrons. The summed E-state index contributed by atoms with van der Waals surface area (Å²) in [6.07, 6.45) is 0. The van der Waals surface area contributed by atoms with Crippen LogP contribution in [0.15, 0.2) is 0 Å². The Hall–Kier alpha value is -0.360. The van der Waals surface area contributed by atoms with Crippen molar-refractivity contribution in [2.24, 2.45) is 40.0 Å². The first-order valence-corrected chi connectivity index (χ1v) is 8.38. The van der Waals surface area contributed by atoms with Crippen LogP contribution in [0.5, 0.6) is 0 Å². The summed E-state index contributed by atoms with van der Waals surface area (Å²) >= 11 is 0. The molecule has 3 unspecified atom stereocenters. The molecule has 0 fully saturated rings. The number of aliphatic hydroxyl groups is 1. The predicted octanol–water partition coefficient (Wildman–Crippen LogP) is -2.82. The van der Waals surface area contributed by atoms with Crippen LogP contribution in [0.25, 0.3) is 0 Å². The molecule has 0 aliphatic heterocycles. The Bertz CT molecular complexity index is 258. The van der Waals surface area contributed by atoms with Crippen molar-refractivity contribution in [2.75, 3.05) is 65.9 Å². The summed E-state index contributed by atoms with van der Waals surface area (Å²) in [6, 6.07) is -0.489. The zero-order valence-corrected chi connectivity index (χ0v) is 14.9. The minimum atomic E-state index is -0.697. The van der Waals surface area contributed by atoms with Crippen LogP contribution in [0.3, 0.4) is 0 Å². The summed E-state index contributed by atoms with van der Waals surface area (Å²) in [6.45, 7) is 4.92. The van der Waals surface area contributed by atoms with E-state index in [1.54, 1.807) is 0 Å². The van der Waals surface area contributed by atoms with Crippen LogP contribution in [-0.2, 0) is 14.2 Å². The second-order valence-corrected chi connectivity index (χ2v) is 6.54. The molecule has 0 bridgehead atoms. The zero-order chi connectivity index (χ0) is 18.4. The lowest BCUT2D eigenvalue weighted by Crippen LogP contribution is -2.44. The number of hydrogen-bond donors (Lipinski definition) is 6.